The summed E-state index contributed by atoms with van der Waals surface area (Å²) in [6.07, 6.45) is 0.508. The standard InChI is InChI=1S/C20H21N7O4/c21-17-14-19(27(10-22-14)20-16(30)15(29)13(9-28)31-20)25-18(24-17)12-6-23-26(8-12)7-11-4-2-1-3-5-11/h1-6,8,10,13,15-16,20,28-30H,7,9H2,(H2,21,24,25)/t13-,15?,16-,20?/m1/s1. The SMILES string of the molecule is Nc1nc(-c2cnn(Cc3ccccc3)c2)nc2c1ncn2C1O[C@H](CO)C(O)[C@H]1O. The van der Waals surface area contributed by atoms with Gasteiger partial charge in [0.15, 0.2) is 23.5 Å². The predicted octanol–water partition coefficient (Wildman–Crippen LogP) is -0.0682. The minimum Gasteiger partial charge on any atom is -0.394 e. The van der Waals surface area contributed by atoms with Crippen LogP contribution in [0.5, 0.6) is 0 Å². The number of imidazole rings is 1. The number of aliphatic hydroxyl groups excluding tert-OH is 3. The van der Waals surface area contributed by atoms with E-state index < -0.39 is 31.1 Å². The van der Waals surface area contributed by atoms with E-state index in [-0.39, 0.29) is 5.82 Å². The Morgan fingerprint density at radius 1 is 1.10 bits per heavy atom. The zero-order valence-corrected chi connectivity index (χ0v) is 16.4. The fourth-order valence-corrected chi connectivity index (χ4v) is 3.70. The number of nitrogens with zero attached hydrogens (tertiary/aromatic N) is 6. The van der Waals surface area contributed by atoms with Gasteiger partial charge in [-0.3, -0.25) is 9.25 Å². The molecule has 0 bridgehead atoms. The summed E-state index contributed by atoms with van der Waals surface area (Å²) in [6.45, 7) is 0.170. The van der Waals surface area contributed by atoms with E-state index in [0.29, 0.717) is 29.1 Å². The quantitative estimate of drug-likeness (QED) is 0.345. The third-order valence-electron chi connectivity index (χ3n) is 5.32. The van der Waals surface area contributed by atoms with Crippen LogP contribution in [0.2, 0.25) is 0 Å². The van der Waals surface area contributed by atoms with Crippen LogP contribution in [0.1, 0.15) is 11.8 Å². The Kier molecular flexibility index (Phi) is 4.87. The van der Waals surface area contributed by atoms with Gasteiger partial charge in [0.2, 0.25) is 0 Å². The molecule has 1 fully saturated rings. The van der Waals surface area contributed by atoms with Crippen molar-refractivity contribution in [2.45, 2.75) is 31.1 Å². The molecule has 0 amide bonds. The van der Waals surface area contributed by atoms with Gasteiger partial charge in [-0.1, -0.05) is 30.3 Å². The van der Waals surface area contributed by atoms with Crippen molar-refractivity contribution >= 4 is 17.0 Å². The summed E-state index contributed by atoms with van der Waals surface area (Å²) in [4.78, 5) is 13.1. The Balaban J connectivity index is 1.49. The van der Waals surface area contributed by atoms with Crippen LogP contribution in [0.15, 0.2) is 49.1 Å². The maximum atomic E-state index is 10.4. The Labute approximate surface area is 176 Å². The molecule has 0 aliphatic carbocycles. The van der Waals surface area contributed by atoms with Crippen LogP contribution in [-0.4, -0.2) is 69.5 Å². The maximum absolute atomic E-state index is 10.4. The Hall–Kier alpha value is -3.38. The molecule has 31 heavy (non-hydrogen) atoms. The number of aliphatic hydroxyl groups is 3. The number of anilines is 1. The summed E-state index contributed by atoms with van der Waals surface area (Å²) < 4.78 is 8.86. The number of aromatic nitrogens is 6. The minimum absolute atomic E-state index is 0.168. The topological polar surface area (TPSA) is 157 Å². The van der Waals surface area contributed by atoms with Crippen molar-refractivity contribution in [3.05, 3.63) is 54.6 Å². The zero-order valence-electron chi connectivity index (χ0n) is 16.4. The van der Waals surface area contributed by atoms with E-state index >= 15 is 0 Å². The molecule has 0 saturated carbocycles. The Bertz CT molecular complexity index is 1210. The van der Waals surface area contributed by atoms with E-state index in [4.69, 9.17) is 10.5 Å². The maximum Gasteiger partial charge on any atom is 0.168 e. The molecule has 2 unspecified atom stereocenters. The third kappa shape index (κ3) is 3.43. The summed E-state index contributed by atoms with van der Waals surface area (Å²) >= 11 is 0. The normalized spacial score (nSPS) is 23.6. The van der Waals surface area contributed by atoms with Crippen molar-refractivity contribution in [3.63, 3.8) is 0 Å². The van der Waals surface area contributed by atoms with Gasteiger partial charge >= 0.3 is 0 Å². The third-order valence-corrected chi connectivity index (χ3v) is 5.32. The number of nitrogens with two attached hydrogens (primary N) is 1. The number of hydrogen-bond donors (Lipinski definition) is 4. The number of benzene rings is 1. The Morgan fingerprint density at radius 3 is 2.65 bits per heavy atom. The average Bonchev–Trinajstić information content (AvgIpc) is 3.48. The summed E-state index contributed by atoms with van der Waals surface area (Å²) in [5, 5.41) is 34.2. The van der Waals surface area contributed by atoms with Crippen LogP contribution in [0.3, 0.4) is 0 Å². The predicted molar refractivity (Wildman–Crippen MR) is 110 cm³/mol. The van der Waals surface area contributed by atoms with Crippen LogP contribution in [-0.2, 0) is 11.3 Å². The van der Waals surface area contributed by atoms with Gasteiger partial charge in [-0.2, -0.15) is 5.10 Å². The first-order chi connectivity index (χ1) is 15.0. The summed E-state index contributed by atoms with van der Waals surface area (Å²) in [6, 6.07) is 9.93. The van der Waals surface area contributed by atoms with Gasteiger partial charge in [-0.15, -0.1) is 0 Å². The summed E-state index contributed by atoms with van der Waals surface area (Å²) in [5.41, 5.74) is 8.56. The lowest BCUT2D eigenvalue weighted by atomic mass is 10.1. The largest absolute Gasteiger partial charge is 0.394 e. The molecular formula is C20H21N7O4. The van der Waals surface area contributed by atoms with E-state index in [1.807, 2.05) is 36.5 Å². The van der Waals surface area contributed by atoms with Crippen molar-refractivity contribution in [1.29, 1.82) is 0 Å². The molecule has 3 aromatic heterocycles. The van der Waals surface area contributed by atoms with Gasteiger partial charge in [0.25, 0.3) is 0 Å². The molecule has 4 atom stereocenters. The summed E-state index contributed by atoms with van der Waals surface area (Å²) in [5.74, 6) is 0.513. The highest BCUT2D eigenvalue weighted by molar-refractivity contribution is 5.83. The molecule has 160 valence electrons. The highest BCUT2D eigenvalue weighted by Gasteiger charge is 2.44. The van der Waals surface area contributed by atoms with E-state index in [0.717, 1.165) is 5.56 Å². The second-order valence-electron chi connectivity index (χ2n) is 7.40. The number of rotatable bonds is 5. The lowest BCUT2D eigenvalue weighted by Crippen LogP contribution is -2.33. The number of ether oxygens (including phenoxy) is 1. The fourth-order valence-electron chi connectivity index (χ4n) is 3.70. The molecule has 4 heterocycles. The van der Waals surface area contributed by atoms with Gasteiger partial charge in [0.1, 0.15) is 23.8 Å². The highest BCUT2D eigenvalue weighted by atomic mass is 16.6. The van der Waals surface area contributed by atoms with Crippen LogP contribution < -0.4 is 5.73 Å². The Morgan fingerprint density at radius 2 is 1.90 bits per heavy atom. The molecule has 5 N–H and O–H groups in total. The van der Waals surface area contributed by atoms with E-state index in [2.05, 4.69) is 20.1 Å². The van der Waals surface area contributed by atoms with Gasteiger partial charge in [-0.25, -0.2) is 15.0 Å². The van der Waals surface area contributed by atoms with Crippen molar-refractivity contribution in [2.75, 3.05) is 12.3 Å². The highest BCUT2D eigenvalue weighted by Crippen LogP contribution is 2.32. The molecule has 0 radical (unpaired) electrons. The number of hydrogen-bond acceptors (Lipinski definition) is 9. The van der Waals surface area contributed by atoms with Crippen LogP contribution in [0, 0.1) is 0 Å². The molecule has 0 spiro atoms. The van der Waals surface area contributed by atoms with Crippen LogP contribution >= 0.6 is 0 Å². The van der Waals surface area contributed by atoms with E-state index in [1.54, 1.807) is 10.9 Å². The molecule has 4 aromatic rings. The molecule has 1 aliphatic rings. The molecule has 11 heteroatoms. The van der Waals surface area contributed by atoms with Gasteiger partial charge in [0.05, 0.1) is 31.2 Å². The molecule has 1 saturated heterocycles. The smallest absolute Gasteiger partial charge is 0.168 e. The fraction of sp³-hybridized carbons (Fsp3) is 0.300. The summed E-state index contributed by atoms with van der Waals surface area (Å²) in [7, 11) is 0. The number of nitrogen functional groups attached to an aromatic ring is 1. The second kappa shape index (κ2) is 7.71. The first-order valence-electron chi connectivity index (χ1n) is 9.74. The van der Waals surface area contributed by atoms with Crippen molar-refractivity contribution < 1.29 is 20.1 Å². The second-order valence-corrected chi connectivity index (χ2v) is 7.40. The van der Waals surface area contributed by atoms with Crippen molar-refractivity contribution in [3.8, 4) is 11.4 Å². The minimum atomic E-state index is -1.26. The van der Waals surface area contributed by atoms with Gasteiger partial charge in [-0.05, 0) is 5.56 Å². The first kappa shape index (κ1) is 19.6. The van der Waals surface area contributed by atoms with Crippen LogP contribution in [0.4, 0.5) is 5.82 Å². The van der Waals surface area contributed by atoms with Crippen molar-refractivity contribution in [1.82, 2.24) is 29.3 Å². The monoisotopic (exact) mass is 423 g/mol. The molecule has 5 rings (SSSR count). The van der Waals surface area contributed by atoms with E-state index in [9.17, 15) is 15.3 Å². The molecule has 1 aliphatic heterocycles. The average molecular weight is 423 g/mol. The van der Waals surface area contributed by atoms with Crippen LogP contribution in [0.25, 0.3) is 22.6 Å². The molecular weight excluding hydrogens is 402 g/mol. The van der Waals surface area contributed by atoms with E-state index in [1.165, 1.54) is 10.9 Å². The zero-order chi connectivity index (χ0) is 21.5. The lowest BCUT2D eigenvalue weighted by molar-refractivity contribution is -0.0511. The number of fused-ring (bicyclic) bond motifs is 1. The van der Waals surface area contributed by atoms with Crippen molar-refractivity contribution in [2.24, 2.45) is 0 Å². The molecule has 11 nitrogen and oxygen atoms in total. The first-order valence-corrected chi connectivity index (χ1v) is 9.74. The molecule has 1 aromatic carbocycles. The lowest BCUT2D eigenvalue weighted by Gasteiger charge is -2.16. The van der Waals surface area contributed by atoms with Gasteiger partial charge < -0.3 is 25.8 Å². The van der Waals surface area contributed by atoms with Gasteiger partial charge in [0, 0.05) is 6.20 Å².